The molecule has 2 aromatic rings. The first-order valence-electron chi connectivity index (χ1n) is 6.29. The fourth-order valence-corrected chi connectivity index (χ4v) is 2.67. The molecule has 104 valence electrons. The third-order valence-corrected chi connectivity index (χ3v) is 3.68. The molecule has 1 aromatic heterocycles. The molecule has 0 saturated carbocycles. The molecule has 0 radical (unpaired) electrons. The van der Waals surface area contributed by atoms with Gasteiger partial charge in [0.25, 0.3) is 0 Å². The molecule has 0 bridgehead atoms. The molecule has 0 aliphatic heterocycles. The zero-order valence-electron chi connectivity index (χ0n) is 11.0. The monoisotopic (exact) mass is 288 g/mol. The Labute approximate surface area is 122 Å². The van der Waals surface area contributed by atoms with Gasteiger partial charge in [-0.3, -0.25) is 4.79 Å². The maximum Gasteiger partial charge on any atom is 0.305 e. The topological polar surface area (TPSA) is 53.4 Å². The van der Waals surface area contributed by atoms with Gasteiger partial charge in [0.2, 0.25) is 0 Å². The second-order valence-corrected chi connectivity index (χ2v) is 5.10. The second kappa shape index (κ2) is 6.86. The fourth-order valence-electron chi connectivity index (χ4n) is 1.80. The zero-order valence-corrected chi connectivity index (χ0v) is 11.8. The summed E-state index contributed by atoms with van der Waals surface area (Å²) in [4.78, 5) is 17.2. The molecule has 0 unspecified atom stereocenters. The van der Waals surface area contributed by atoms with Gasteiger partial charge in [-0.2, -0.15) is 0 Å². The molecule has 20 heavy (non-hydrogen) atoms. The second-order valence-electron chi connectivity index (χ2n) is 4.26. The molecule has 1 heterocycles. The summed E-state index contributed by atoms with van der Waals surface area (Å²) >= 11 is 1.52. The normalized spacial score (nSPS) is 10.2. The summed E-state index contributed by atoms with van der Waals surface area (Å²) in [5, 5.41) is 11.6. The molecule has 4 nitrogen and oxygen atoms in total. The van der Waals surface area contributed by atoms with Gasteiger partial charge in [0, 0.05) is 24.0 Å². The molecule has 1 aromatic carbocycles. The number of carbonyl (C=O) groups is 1. The van der Waals surface area contributed by atoms with E-state index in [0.29, 0.717) is 13.1 Å². The van der Waals surface area contributed by atoms with Gasteiger partial charge in [0.15, 0.2) is 5.13 Å². The van der Waals surface area contributed by atoms with Crippen molar-refractivity contribution in [1.29, 1.82) is 0 Å². The summed E-state index contributed by atoms with van der Waals surface area (Å²) in [6.07, 6.45) is 1.85. The van der Waals surface area contributed by atoms with Crippen LogP contribution >= 0.6 is 11.3 Å². The minimum absolute atomic E-state index is 0.0914. The molecule has 1 N–H and O–H groups in total. The quantitative estimate of drug-likeness (QED) is 0.794. The highest BCUT2D eigenvalue weighted by Crippen LogP contribution is 2.27. The molecule has 0 amide bonds. The molecule has 0 atom stereocenters. The molecule has 2 rings (SSSR count). The lowest BCUT2D eigenvalue weighted by molar-refractivity contribution is -0.136. The maximum atomic E-state index is 10.7. The number of carboxylic acid groups (broad SMARTS) is 1. The van der Waals surface area contributed by atoms with Crippen LogP contribution in [0, 0.1) is 0 Å². The lowest BCUT2D eigenvalue weighted by Gasteiger charge is -2.18. The number of carboxylic acids is 1. The van der Waals surface area contributed by atoms with Crippen molar-refractivity contribution in [2.24, 2.45) is 0 Å². The van der Waals surface area contributed by atoms with Crippen LogP contribution in [0.3, 0.4) is 0 Å². The van der Waals surface area contributed by atoms with Crippen molar-refractivity contribution in [2.45, 2.75) is 6.42 Å². The van der Waals surface area contributed by atoms with Crippen LogP contribution in [0.1, 0.15) is 6.42 Å². The number of aromatic nitrogens is 1. The van der Waals surface area contributed by atoms with E-state index in [1.807, 2.05) is 40.6 Å². The molecular formula is C15H16N2O2S. The van der Waals surface area contributed by atoms with Crippen molar-refractivity contribution in [3.8, 4) is 11.3 Å². The van der Waals surface area contributed by atoms with Crippen LogP contribution in [0.5, 0.6) is 0 Å². The summed E-state index contributed by atoms with van der Waals surface area (Å²) in [5.41, 5.74) is 1.97. The number of hydrogen-bond donors (Lipinski definition) is 1. The van der Waals surface area contributed by atoms with Crippen molar-refractivity contribution in [1.82, 2.24) is 4.98 Å². The van der Waals surface area contributed by atoms with Gasteiger partial charge in [-0.05, 0) is 0 Å². The van der Waals surface area contributed by atoms with Crippen molar-refractivity contribution >= 4 is 22.4 Å². The van der Waals surface area contributed by atoms with Crippen LogP contribution in [-0.2, 0) is 4.79 Å². The van der Waals surface area contributed by atoms with Gasteiger partial charge in [0.05, 0.1) is 12.1 Å². The van der Waals surface area contributed by atoms with E-state index in [4.69, 9.17) is 5.11 Å². The van der Waals surface area contributed by atoms with Crippen LogP contribution in [0.25, 0.3) is 11.3 Å². The number of anilines is 1. The van der Waals surface area contributed by atoms with Gasteiger partial charge in [-0.25, -0.2) is 4.98 Å². The average molecular weight is 288 g/mol. The predicted molar refractivity (Wildman–Crippen MR) is 82.2 cm³/mol. The number of hydrogen-bond acceptors (Lipinski definition) is 4. The number of rotatable bonds is 7. The van der Waals surface area contributed by atoms with Crippen LogP contribution < -0.4 is 4.90 Å². The molecule has 0 saturated heterocycles. The summed E-state index contributed by atoms with van der Waals surface area (Å²) in [5.74, 6) is -0.807. The summed E-state index contributed by atoms with van der Waals surface area (Å²) < 4.78 is 0. The summed E-state index contributed by atoms with van der Waals surface area (Å²) in [7, 11) is 0. The highest BCUT2D eigenvalue weighted by molar-refractivity contribution is 7.14. The molecule has 0 aliphatic rings. The Hall–Kier alpha value is -2.14. The van der Waals surface area contributed by atoms with Crippen LogP contribution in [0.4, 0.5) is 5.13 Å². The van der Waals surface area contributed by atoms with Crippen molar-refractivity contribution < 1.29 is 9.90 Å². The van der Waals surface area contributed by atoms with Crippen molar-refractivity contribution in [3.63, 3.8) is 0 Å². The maximum absolute atomic E-state index is 10.7. The summed E-state index contributed by atoms with van der Waals surface area (Å²) in [6.45, 7) is 4.73. The Balaban J connectivity index is 2.16. The summed E-state index contributed by atoms with van der Waals surface area (Å²) in [6, 6.07) is 9.93. The van der Waals surface area contributed by atoms with E-state index in [9.17, 15) is 4.79 Å². The Bertz CT molecular complexity index is 581. The van der Waals surface area contributed by atoms with E-state index in [-0.39, 0.29) is 6.42 Å². The van der Waals surface area contributed by atoms with Gasteiger partial charge >= 0.3 is 5.97 Å². The van der Waals surface area contributed by atoms with Gasteiger partial charge in [-0.1, -0.05) is 36.4 Å². The molecule has 5 heteroatoms. The molecule has 0 fully saturated rings. The van der Waals surface area contributed by atoms with Crippen LogP contribution in [-0.4, -0.2) is 29.1 Å². The average Bonchev–Trinajstić information content (AvgIpc) is 2.94. The standard InChI is InChI=1S/C15H16N2O2S/c1-2-9-17(10-8-14(18)19)15-16-13(11-20-15)12-6-4-3-5-7-12/h2-7,11H,1,8-10H2,(H,18,19). The minimum Gasteiger partial charge on any atom is -0.481 e. The third-order valence-electron chi connectivity index (χ3n) is 2.78. The Kier molecular flexibility index (Phi) is 4.90. The van der Waals surface area contributed by atoms with E-state index in [1.54, 1.807) is 6.08 Å². The lowest BCUT2D eigenvalue weighted by atomic mass is 10.2. The van der Waals surface area contributed by atoms with Gasteiger partial charge in [0.1, 0.15) is 0 Å². The predicted octanol–water partition coefficient (Wildman–Crippen LogP) is 3.28. The van der Waals surface area contributed by atoms with Gasteiger partial charge in [-0.15, -0.1) is 17.9 Å². The molecule has 0 spiro atoms. The lowest BCUT2D eigenvalue weighted by Crippen LogP contribution is -2.26. The Morgan fingerprint density at radius 2 is 2.15 bits per heavy atom. The highest BCUT2D eigenvalue weighted by atomic mass is 32.1. The fraction of sp³-hybridized carbons (Fsp3) is 0.200. The number of aliphatic carboxylic acids is 1. The molecule has 0 aliphatic carbocycles. The Morgan fingerprint density at radius 1 is 1.40 bits per heavy atom. The Morgan fingerprint density at radius 3 is 2.80 bits per heavy atom. The van der Waals surface area contributed by atoms with Crippen molar-refractivity contribution in [3.05, 3.63) is 48.4 Å². The van der Waals surface area contributed by atoms with E-state index >= 15 is 0 Å². The number of nitrogens with zero attached hydrogens (tertiary/aromatic N) is 2. The smallest absolute Gasteiger partial charge is 0.305 e. The van der Waals surface area contributed by atoms with Gasteiger partial charge < -0.3 is 10.0 Å². The molecular weight excluding hydrogens is 272 g/mol. The van der Waals surface area contributed by atoms with E-state index < -0.39 is 5.97 Å². The minimum atomic E-state index is -0.807. The SMILES string of the molecule is C=CCN(CCC(=O)O)c1nc(-c2ccccc2)cs1. The highest BCUT2D eigenvalue weighted by Gasteiger charge is 2.12. The first-order chi connectivity index (χ1) is 9.70. The number of thiazole rings is 1. The van der Waals surface area contributed by atoms with Crippen molar-refractivity contribution in [2.75, 3.05) is 18.0 Å². The van der Waals surface area contributed by atoms with Crippen LogP contribution in [0.15, 0.2) is 48.4 Å². The van der Waals surface area contributed by atoms with E-state index in [0.717, 1.165) is 16.4 Å². The van der Waals surface area contributed by atoms with E-state index in [2.05, 4.69) is 11.6 Å². The first kappa shape index (κ1) is 14.3. The number of benzene rings is 1. The largest absolute Gasteiger partial charge is 0.481 e. The third kappa shape index (κ3) is 3.68. The van der Waals surface area contributed by atoms with E-state index in [1.165, 1.54) is 11.3 Å². The van der Waals surface area contributed by atoms with Crippen LogP contribution in [0.2, 0.25) is 0 Å². The first-order valence-corrected chi connectivity index (χ1v) is 7.17. The zero-order chi connectivity index (χ0) is 14.4.